The van der Waals surface area contributed by atoms with Crippen molar-refractivity contribution in [1.82, 2.24) is 0 Å². The number of allylic oxidation sites excluding steroid dienone is 3. The second-order valence-electron chi connectivity index (χ2n) is 9.41. The highest BCUT2D eigenvalue weighted by molar-refractivity contribution is 5.86. The number of ether oxygens (including phenoxy) is 3. The van der Waals surface area contributed by atoms with Crippen LogP contribution in [0.15, 0.2) is 50.7 Å². The molecule has 0 atom stereocenters. The van der Waals surface area contributed by atoms with Crippen molar-refractivity contribution in [3.63, 3.8) is 0 Å². The summed E-state index contributed by atoms with van der Waals surface area (Å²) in [6, 6.07) is 5.44. The van der Waals surface area contributed by atoms with Crippen molar-refractivity contribution >= 4 is 11.0 Å². The minimum atomic E-state index is -0.527. The first-order chi connectivity index (χ1) is 17.0. The first kappa shape index (κ1) is 28.5. The summed E-state index contributed by atoms with van der Waals surface area (Å²) >= 11 is 0. The average molecular weight is 485 g/mol. The van der Waals surface area contributed by atoms with Gasteiger partial charge in [0.15, 0.2) is 5.75 Å². The largest absolute Gasteiger partial charge is 0.492 e. The van der Waals surface area contributed by atoms with E-state index in [0.29, 0.717) is 35.7 Å². The number of unbranched alkanes of at least 4 members (excludes halogenated alkanes) is 7. The van der Waals surface area contributed by atoms with Crippen LogP contribution in [0.2, 0.25) is 0 Å². The van der Waals surface area contributed by atoms with Gasteiger partial charge in [-0.25, -0.2) is 4.79 Å². The molecule has 2 rings (SSSR count). The Labute approximate surface area is 211 Å². The van der Waals surface area contributed by atoms with Crippen LogP contribution in [0.25, 0.3) is 11.0 Å². The monoisotopic (exact) mass is 484 g/mol. The Morgan fingerprint density at radius 1 is 0.914 bits per heavy atom. The molecule has 0 bridgehead atoms. The first-order valence-corrected chi connectivity index (χ1v) is 13.2. The number of methoxy groups -OCH3 is 1. The predicted octanol–water partition coefficient (Wildman–Crippen LogP) is 8.39. The van der Waals surface area contributed by atoms with Gasteiger partial charge in [-0.05, 0) is 58.2 Å². The van der Waals surface area contributed by atoms with Crippen molar-refractivity contribution in [3.8, 4) is 17.2 Å². The Morgan fingerprint density at radius 2 is 1.63 bits per heavy atom. The molecule has 35 heavy (non-hydrogen) atoms. The van der Waals surface area contributed by atoms with Crippen molar-refractivity contribution < 1.29 is 18.6 Å². The summed E-state index contributed by atoms with van der Waals surface area (Å²) in [5.74, 6) is 1.20. The molecule has 0 spiro atoms. The molecule has 0 amide bonds. The molecule has 0 N–H and O–H groups in total. The topological polar surface area (TPSA) is 57.9 Å². The third kappa shape index (κ3) is 10.2. The van der Waals surface area contributed by atoms with Gasteiger partial charge in [-0.15, -0.1) is 0 Å². The van der Waals surface area contributed by atoms with Crippen LogP contribution in [-0.4, -0.2) is 20.3 Å². The molecule has 2 aromatic rings. The lowest BCUT2D eigenvalue weighted by atomic mass is 10.1. The van der Waals surface area contributed by atoms with Crippen LogP contribution < -0.4 is 19.8 Å². The second-order valence-corrected chi connectivity index (χ2v) is 9.41. The molecule has 0 aliphatic carbocycles. The molecule has 0 aliphatic heterocycles. The standard InChI is InChI=1S/C30H44O5/c1-6-7-8-9-10-11-12-13-20-34-29-28(32-5)26-18-17-25(22-27(26)35-30(29)31)33-21-19-24(4)16-14-15-23(2)3/h15,17-19,22H,6-14,16,20-21H2,1-5H3/b24-19+. The zero-order chi connectivity index (χ0) is 25.5. The van der Waals surface area contributed by atoms with Crippen LogP contribution in [0.3, 0.4) is 0 Å². The molecule has 5 nitrogen and oxygen atoms in total. The molecule has 1 aromatic heterocycles. The Kier molecular flexibility index (Phi) is 13.1. The van der Waals surface area contributed by atoms with E-state index < -0.39 is 5.63 Å². The fourth-order valence-corrected chi connectivity index (χ4v) is 3.93. The van der Waals surface area contributed by atoms with Gasteiger partial charge in [0.05, 0.1) is 19.1 Å². The number of rotatable bonds is 17. The van der Waals surface area contributed by atoms with Gasteiger partial charge in [0.1, 0.15) is 17.9 Å². The van der Waals surface area contributed by atoms with E-state index in [9.17, 15) is 4.79 Å². The van der Waals surface area contributed by atoms with Crippen molar-refractivity contribution in [3.05, 3.63) is 51.9 Å². The van der Waals surface area contributed by atoms with E-state index >= 15 is 0 Å². The van der Waals surface area contributed by atoms with Crippen LogP contribution in [0.5, 0.6) is 17.2 Å². The molecule has 0 saturated heterocycles. The van der Waals surface area contributed by atoms with Crippen LogP contribution in [-0.2, 0) is 0 Å². The summed E-state index contributed by atoms with van der Waals surface area (Å²) in [4.78, 5) is 12.6. The summed E-state index contributed by atoms with van der Waals surface area (Å²) in [6.45, 7) is 9.51. The lowest BCUT2D eigenvalue weighted by Crippen LogP contribution is -2.10. The fourth-order valence-electron chi connectivity index (χ4n) is 3.93. The molecule has 194 valence electrons. The van der Waals surface area contributed by atoms with Gasteiger partial charge in [0, 0.05) is 6.07 Å². The van der Waals surface area contributed by atoms with Crippen LogP contribution in [0, 0.1) is 0 Å². The zero-order valence-electron chi connectivity index (χ0n) is 22.4. The quantitative estimate of drug-likeness (QED) is 0.128. The Hall–Kier alpha value is -2.69. The van der Waals surface area contributed by atoms with E-state index in [-0.39, 0.29) is 5.75 Å². The van der Waals surface area contributed by atoms with Crippen molar-refractivity contribution in [2.24, 2.45) is 0 Å². The third-order valence-corrected chi connectivity index (χ3v) is 6.01. The van der Waals surface area contributed by atoms with Crippen LogP contribution in [0.1, 0.15) is 91.9 Å². The lowest BCUT2D eigenvalue weighted by Gasteiger charge is -2.12. The predicted molar refractivity (Wildman–Crippen MR) is 145 cm³/mol. The Morgan fingerprint density at radius 3 is 2.31 bits per heavy atom. The smallest absolute Gasteiger partial charge is 0.383 e. The summed E-state index contributed by atoms with van der Waals surface area (Å²) < 4.78 is 22.8. The van der Waals surface area contributed by atoms with Gasteiger partial charge in [-0.2, -0.15) is 0 Å². The van der Waals surface area contributed by atoms with Gasteiger partial charge in [0.2, 0.25) is 5.75 Å². The van der Waals surface area contributed by atoms with E-state index in [4.69, 9.17) is 18.6 Å². The van der Waals surface area contributed by atoms with Crippen molar-refractivity contribution in [2.45, 2.75) is 91.9 Å². The lowest BCUT2D eigenvalue weighted by molar-refractivity contribution is 0.272. The van der Waals surface area contributed by atoms with E-state index in [1.807, 2.05) is 12.1 Å². The summed E-state index contributed by atoms with van der Waals surface area (Å²) in [6.07, 6.45) is 16.0. The SMILES string of the molecule is CCCCCCCCCCOc1c(OC)c2ccc(OC/C=C(\C)CCC=C(C)C)cc2oc1=O. The second kappa shape index (κ2) is 16.1. The van der Waals surface area contributed by atoms with Crippen molar-refractivity contribution in [1.29, 1.82) is 0 Å². The maximum Gasteiger partial charge on any atom is 0.383 e. The third-order valence-electron chi connectivity index (χ3n) is 6.01. The fraction of sp³-hybridized carbons (Fsp3) is 0.567. The molecule has 1 heterocycles. The maximum absolute atomic E-state index is 12.6. The highest BCUT2D eigenvalue weighted by Gasteiger charge is 2.17. The van der Waals surface area contributed by atoms with Gasteiger partial charge in [-0.3, -0.25) is 0 Å². The minimum absolute atomic E-state index is 0.145. The van der Waals surface area contributed by atoms with E-state index in [1.165, 1.54) is 49.7 Å². The molecule has 0 saturated carbocycles. The van der Waals surface area contributed by atoms with Gasteiger partial charge < -0.3 is 18.6 Å². The summed E-state index contributed by atoms with van der Waals surface area (Å²) in [7, 11) is 1.55. The molecule has 5 heteroatoms. The summed E-state index contributed by atoms with van der Waals surface area (Å²) in [5.41, 5.74) is 2.52. The highest BCUT2D eigenvalue weighted by atomic mass is 16.5. The number of fused-ring (bicyclic) bond motifs is 1. The molecule has 0 fully saturated rings. The molecule has 1 aromatic carbocycles. The normalized spacial score (nSPS) is 11.5. The van der Waals surface area contributed by atoms with Gasteiger partial charge >= 0.3 is 5.63 Å². The van der Waals surface area contributed by atoms with Crippen LogP contribution in [0.4, 0.5) is 0 Å². The van der Waals surface area contributed by atoms with Crippen LogP contribution >= 0.6 is 0 Å². The van der Waals surface area contributed by atoms with Gasteiger partial charge in [-0.1, -0.05) is 69.1 Å². The molecular formula is C30H44O5. The van der Waals surface area contributed by atoms with E-state index in [0.717, 1.165) is 25.7 Å². The first-order valence-electron chi connectivity index (χ1n) is 13.2. The Balaban J connectivity index is 1.93. The number of hydrogen-bond acceptors (Lipinski definition) is 5. The van der Waals surface area contributed by atoms with Crippen molar-refractivity contribution in [2.75, 3.05) is 20.3 Å². The van der Waals surface area contributed by atoms with E-state index in [2.05, 4.69) is 39.8 Å². The number of benzene rings is 1. The molecule has 0 unspecified atom stereocenters. The summed E-state index contributed by atoms with van der Waals surface area (Å²) in [5, 5.41) is 0.693. The van der Waals surface area contributed by atoms with Gasteiger partial charge in [0.25, 0.3) is 0 Å². The molecule has 0 aliphatic rings. The zero-order valence-corrected chi connectivity index (χ0v) is 22.4. The maximum atomic E-state index is 12.6. The highest BCUT2D eigenvalue weighted by Crippen LogP contribution is 2.34. The average Bonchev–Trinajstić information content (AvgIpc) is 2.82. The van der Waals surface area contributed by atoms with E-state index in [1.54, 1.807) is 13.2 Å². The molecular weight excluding hydrogens is 440 g/mol. The number of hydrogen-bond donors (Lipinski definition) is 0. The minimum Gasteiger partial charge on any atom is -0.492 e. The Bertz CT molecular complexity index is 1010. The molecule has 0 radical (unpaired) electrons.